The molecule has 0 aliphatic heterocycles. The van der Waals surface area contributed by atoms with E-state index in [1.807, 2.05) is 31.2 Å². The number of amides is 1. The summed E-state index contributed by atoms with van der Waals surface area (Å²) in [5.41, 5.74) is 6.87. The SMILES string of the molecule is CCC(N)CC(=O)NC(c1ccc(Cl)cc1)C(C)C. The van der Waals surface area contributed by atoms with Gasteiger partial charge in [-0.2, -0.15) is 0 Å². The lowest BCUT2D eigenvalue weighted by atomic mass is 9.95. The van der Waals surface area contributed by atoms with Crippen LogP contribution in [0.4, 0.5) is 0 Å². The van der Waals surface area contributed by atoms with Gasteiger partial charge in [-0.1, -0.05) is 44.5 Å². The second kappa shape index (κ2) is 7.51. The van der Waals surface area contributed by atoms with Crippen molar-refractivity contribution in [3.63, 3.8) is 0 Å². The number of carbonyl (C=O) groups is 1. The predicted octanol–water partition coefficient (Wildman–Crippen LogP) is 3.28. The summed E-state index contributed by atoms with van der Waals surface area (Å²) in [4.78, 5) is 12.0. The van der Waals surface area contributed by atoms with Crippen LogP contribution in [0.3, 0.4) is 0 Å². The first-order valence-electron chi connectivity index (χ1n) is 6.74. The lowest BCUT2D eigenvalue weighted by molar-refractivity contribution is -0.122. The number of benzene rings is 1. The molecule has 1 rings (SSSR count). The molecule has 0 bridgehead atoms. The van der Waals surface area contributed by atoms with Gasteiger partial charge in [0.05, 0.1) is 6.04 Å². The molecule has 0 aliphatic carbocycles. The van der Waals surface area contributed by atoms with Crippen molar-refractivity contribution >= 4 is 17.5 Å². The van der Waals surface area contributed by atoms with Gasteiger partial charge >= 0.3 is 0 Å². The van der Waals surface area contributed by atoms with Crippen molar-refractivity contribution in [2.45, 2.75) is 45.7 Å². The summed E-state index contributed by atoms with van der Waals surface area (Å²) in [5.74, 6) is 0.311. The summed E-state index contributed by atoms with van der Waals surface area (Å²) in [6.07, 6.45) is 1.17. The highest BCUT2D eigenvalue weighted by Gasteiger charge is 2.19. The number of nitrogens with two attached hydrogens (primary N) is 1. The Kier molecular flexibility index (Phi) is 6.32. The quantitative estimate of drug-likeness (QED) is 0.841. The molecule has 2 unspecified atom stereocenters. The third-order valence-corrected chi connectivity index (χ3v) is 3.44. The van der Waals surface area contributed by atoms with Gasteiger partial charge in [0.25, 0.3) is 0 Å². The molecule has 106 valence electrons. The molecule has 0 spiro atoms. The van der Waals surface area contributed by atoms with E-state index in [0.717, 1.165) is 12.0 Å². The standard InChI is InChI=1S/C15H23ClN2O/c1-4-13(17)9-14(19)18-15(10(2)3)11-5-7-12(16)8-6-11/h5-8,10,13,15H,4,9,17H2,1-3H3,(H,18,19). The fraction of sp³-hybridized carbons (Fsp3) is 0.533. The zero-order valence-electron chi connectivity index (χ0n) is 11.8. The smallest absolute Gasteiger partial charge is 0.222 e. The highest BCUT2D eigenvalue weighted by atomic mass is 35.5. The summed E-state index contributed by atoms with van der Waals surface area (Å²) in [6.45, 7) is 6.15. The molecule has 0 saturated carbocycles. The number of rotatable bonds is 6. The van der Waals surface area contributed by atoms with Crippen LogP contribution in [0.1, 0.15) is 45.2 Å². The third kappa shape index (κ3) is 5.21. The van der Waals surface area contributed by atoms with Crippen LogP contribution in [0.5, 0.6) is 0 Å². The Balaban J connectivity index is 2.73. The topological polar surface area (TPSA) is 55.1 Å². The molecule has 19 heavy (non-hydrogen) atoms. The second-order valence-corrected chi connectivity index (χ2v) is 5.65. The maximum atomic E-state index is 12.0. The molecule has 1 aromatic rings. The van der Waals surface area contributed by atoms with Crippen molar-refractivity contribution < 1.29 is 4.79 Å². The minimum atomic E-state index is -0.0713. The Labute approximate surface area is 120 Å². The van der Waals surface area contributed by atoms with Crippen LogP contribution in [0.15, 0.2) is 24.3 Å². The number of nitrogens with one attached hydrogen (secondary N) is 1. The fourth-order valence-electron chi connectivity index (χ4n) is 1.92. The number of carbonyl (C=O) groups excluding carboxylic acids is 1. The zero-order chi connectivity index (χ0) is 14.4. The first-order valence-corrected chi connectivity index (χ1v) is 7.12. The van der Waals surface area contributed by atoms with Gasteiger partial charge < -0.3 is 11.1 Å². The third-order valence-electron chi connectivity index (χ3n) is 3.18. The Hall–Kier alpha value is -1.06. The van der Waals surface area contributed by atoms with E-state index in [4.69, 9.17) is 17.3 Å². The average Bonchev–Trinajstić information content (AvgIpc) is 2.36. The van der Waals surface area contributed by atoms with Gasteiger partial charge in [-0.3, -0.25) is 4.79 Å². The maximum Gasteiger partial charge on any atom is 0.222 e. The van der Waals surface area contributed by atoms with E-state index < -0.39 is 0 Å². The molecule has 0 heterocycles. The summed E-state index contributed by atoms with van der Waals surface area (Å²) in [7, 11) is 0. The highest BCUT2D eigenvalue weighted by Crippen LogP contribution is 2.23. The van der Waals surface area contributed by atoms with Gasteiger partial charge in [0.2, 0.25) is 5.91 Å². The van der Waals surface area contributed by atoms with E-state index in [2.05, 4.69) is 19.2 Å². The molecule has 0 fully saturated rings. The average molecular weight is 283 g/mol. The van der Waals surface area contributed by atoms with Crippen molar-refractivity contribution in [1.82, 2.24) is 5.32 Å². The Morgan fingerprint density at radius 2 is 1.89 bits per heavy atom. The largest absolute Gasteiger partial charge is 0.349 e. The van der Waals surface area contributed by atoms with E-state index in [1.165, 1.54) is 0 Å². The Morgan fingerprint density at radius 1 is 1.32 bits per heavy atom. The van der Waals surface area contributed by atoms with E-state index in [1.54, 1.807) is 0 Å². The van der Waals surface area contributed by atoms with E-state index in [0.29, 0.717) is 17.4 Å². The van der Waals surface area contributed by atoms with Gasteiger partial charge in [-0.05, 0) is 30.0 Å². The predicted molar refractivity (Wildman–Crippen MR) is 80.1 cm³/mol. The monoisotopic (exact) mass is 282 g/mol. The second-order valence-electron chi connectivity index (χ2n) is 5.21. The van der Waals surface area contributed by atoms with Crippen LogP contribution in [0.25, 0.3) is 0 Å². The van der Waals surface area contributed by atoms with Crippen LogP contribution in [-0.2, 0) is 4.79 Å². The summed E-state index contributed by atoms with van der Waals surface area (Å²) in [5, 5.41) is 3.76. The molecule has 4 heteroatoms. The molecule has 0 saturated heterocycles. The maximum absolute atomic E-state index is 12.0. The lowest BCUT2D eigenvalue weighted by Crippen LogP contribution is -2.35. The Bertz CT molecular complexity index is 403. The summed E-state index contributed by atoms with van der Waals surface area (Å²) in [6, 6.07) is 7.51. The minimum Gasteiger partial charge on any atom is -0.349 e. The lowest BCUT2D eigenvalue weighted by Gasteiger charge is -2.23. The van der Waals surface area contributed by atoms with Crippen LogP contribution in [0.2, 0.25) is 5.02 Å². The first-order chi connectivity index (χ1) is 8.93. The molecular formula is C15H23ClN2O. The molecule has 1 aromatic carbocycles. The number of hydrogen-bond acceptors (Lipinski definition) is 2. The van der Waals surface area contributed by atoms with Gasteiger partial charge in [0, 0.05) is 17.5 Å². The molecule has 1 amide bonds. The molecule has 2 atom stereocenters. The molecular weight excluding hydrogens is 260 g/mol. The highest BCUT2D eigenvalue weighted by molar-refractivity contribution is 6.30. The molecule has 0 aromatic heterocycles. The van der Waals surface area contributed by atoms with Crippen molar-refractivity contribution in [2.75, 3.05) is 0 Å². The normalized spacial score (nSPS) is 14.2. The van der Waals surface area contributed by atoms with Crippen LogP contribution in [0, 0.1) is 5.92 Å². The van der Waals surface area contributed by atoms with Crippen molar-refractivity contribution in [3.05, 3.63) is 34.9 Å². The molecule has 3 nitrogen and oxygen atoms in total. The van der Waals surface area contributed by atoms with Crippen molar-refractivity contribution in [3.8, 4) is 0 Å². The van der Waals surface area contributed by atoms with Crippen LogP contribution >= 0.6 is 11.6 Å². The first kappa shape index (κ1) is 16.0. The number of hydrogen-bond donors (Lipinski definition) is 2. The van der Waals surface area contributed by atoms with Gasteiger partial charge in [-0.25, -0.2) is 0 Å². The van der Waals surface area contributed by atoms with Crippen molar-refractivity contribution in [1.29, 1.82) is 0 Å². The number of halogens is 1. The van der Waals surface area contributed by atoms with Crippen molar-refractivity contribution in [2.24, 2.45) is 11.7 Å². The summed E-state index contributed by atoms with van der Waals surface area (Å²) >= 11 is 5.89. The molecule has 0 aliphatic rings. The summed E-state index contributed by atoms with van der Waals surface area (Å²) < 4.78 is 0. The van der Waals surface area contributed by atoms with Crippen LogP contribution < -0.4 is 11.1 Å². The minimum absolute atomic E-state index is 0.00278. The zero-order valence-corrected chi connectivity index (χ0v) is 12.6. The van der Waals surface area contributed by atoms with Crippen LogP contribution in [-0.4, -0.2) is 11.9 Å². The van der Waals surface area contributed by atoms with E-state index in [-0.39, 0.29) is 18.0 Å². The molecule has 0 radical (unpaired) electrons. The van der Waals surface area contributed by atoms with Gasteiger partial charge in [0.15, 0.2) is 0 Å². The van der Waals surface area contributed by atoms with Gasteiger partial charge in [-0.15, -0.1) is 0 Å². The fourth-order valence-corrected chi connectivity index (χ4v) is 2.05. The van der Waals surface area contributed by atoms with E-state index in [9.17, 15) is 4.79 Å². The van der Waals surface area contributed by atoms with Gasteiger partial charge in [0.1, 0.15) is 0 Å². The van der Waals surface area contributed by atoms with E-state index >= 15 is 0 Å². The Morgan fingerprint density at radius 3 is 2.37 bits per heavy atom. The molecule has 3 N–H and O–H groups in total.